The Morgan fingerprint density at radius 3 is 2.15 bits per heavy atom. The van der Waals surface area contributed by atoms with Crippen LogP contribution in [0.15, 0.2) is 54.6 Å². The van der Waals surface area contributed by atoms with Crippen molar-refractivity contribution in [3.63, 3.8) is 0 Å². The molecule has 0 amide bonds. The van der Waals surface area contributed by atoms with Gasteiger partial charge in [-0.05, 0) is 62.6 Å². The minimum atomic E-state index is 0.365. The maximum absolute atomic E-state index is 6.18. The molecule has 0 spiro atoms. The van der Waals surface area contributed by atoms with Gasteiger partial charge >= 0.3 is 0 Å². The van der Waals surface area contributed by atoms with E-state index in [4.69, 9.17) is 11.6 Å². The van der Waals surface area contributed by atoms with Gasteiger partial charge in [0.25, 0.3) is 0 Å². The lowest BCUT2D eigenvalue weighted by Gasteiger charge is -2.35. The van der Waals surface area contributed by atoms with E-state index in [0.717, 1.165) is 25.8 Å². The van der Waals surface area contributed by atoms with Crippen molar-refractivity contribution in [1.82, 2.24) is 4.90 Å². The van der Waals surface area contributed by atoms with E-state index >= 15 is 0 Å². The van der Waals surface area contributed by atoms with Gasteiger partial charge in [0.2, 0.25) is 0 Å². The van der Waals surface area contributed by atoms with Gasteiger partial charge in [-0.1, -0.05) is 61.5 Å². The molecule has 27 heavy (non-hydrogen) atoms. The predicted molar refractivity (Wildman–Crippen MR) is 118 cm³/mol. The first-order chi connectivity index (χ1) is 13.1. The highest BCUT2D eigenvalue weighted by Gasteiger charge is 2.36. The van der Waals surface area contributed by atoms with Crippen LogP contribution in [-0.4, -0.2) is 28.9 Å². The number of hydrogen-bond acceptors (Lipinski definition) is 1. The molecule has 0 N–H and O–H groups in total. The summed E-state index contributed by atoms with van der Waals surface area (Å²) in [6.07, 6.45) is 5.86. The third-order valence-corrected chi connectivity index (χ3v) is 6.47. The smallest absolute Gasteiger partial charge is 0.0411 e. The zero-order chi connectivity index (χ0) is 19.2. The fraction of sp³-hybridized carbons (Fsp3) is 0.520. The average Bonchev–Trinajstić information content (AvgIpc) is 3.42. The number of alkyl halides is 1. The van der Waals surface area contributed by atoms with E-state index in [1.807, 2.05) is 0 Å². The molecule has 2 heteroatoms. The molecule has 1 nitrogen and oxygen atoms in total. The van der Waals surface area contributed by atoms with E-state index in [2.05, 4.69) is 80.3 Å². The number of nitrogens with zero attached hydrogens (tertiary/aromatic N) is 1. The van der Waals surface area contributed by atoms with Crippen molar-refractivity contribution in [2.45, 2.75) is 76.3 Å². The van der Waals surface area contributed by atoms with Gasteiger partial charge in [-0.2, -0.15) is 0 Å². The molecule has 146 valence electrons. The Kier molecular flexibility index (Phi) is 7.38. The molecule has 1 aliphatic carbocycles. The topological polar surface area (TPSA) is 3.24 Å². The van der Waals surface area contributed by atoms with E-state index in [0.29, 0.717) is 23.4 Å². The Labute approximate surface area is 170 Å². The highest BCUT2D eigenvalue weighted by molar-refractivity contribution is 6.23. The van der Waals surface area contributed by atoms with E-state index < -0.39 is 0 Å². The highest BCUT2D eigenvalue weighted by Crippen LogP contribution is 2.45. The molecule has 2 aromatic carbocycles. The van der Waals surface area contributed by atoms with Crippen molar-refractivity contribution in [2.75, 3.05) is 6.54 Å². The normalized spacial score (nSPS) is 20.2. The average molecular weight is 384 g/mol. The molecule has 0 aromatic heterocycles. The van der Waals surface area contributed by atoms with Crippen LogP contribution in [0, 0.1) is 0 Å². The summed E-state index contributed by atoms with van der Waals surface area (Å²) in [6, 6.07) is 21.3. The fourth-order valence-corrected chi connectivity index (χ4v) is 4.48. The Morgan fingerprint density at radius 1 is 0.963 bits per heavy atom. The van der Waals surface area contributed by atoms with Crippen molar-refractivity contribution in [2.24, 2.45) is 0 Å². The molecule has 0 bridgehead atoms. The lowest BCUT2D eigenvalue weighted by Crippen LogP contribution is -2.41. The first kappa shape index (κ1) is 20.4. The van der Waals surface area contributed by atoms with Gasteiger partial charge in [0.15, 0.2) is 0 Å². The Balaban J connectivity index is 1.54. The molecule has 0 heterocycles. The minimum Gasteiger partial charge on any atom is -0.298 e. The van der Waals surface area contributed by atoms with Crippen molar-refractivity contribution < 1.29 is 0 Å². The van der Waals surface area contributed by atoms with Gasteiger partial charge < -0.3 is 0 Å². The van der Waals surface area contributed by atoms with Crippen LogP contribution in [0.4, 0.5) is 0 Å². The first-order valence-corrected chi connectivity index (χ1v) is 11.0. The van der Waals surface area contributed by atoms with Crippen molar-refractivity contribution >= 4 is 11.6 Å². The summed E-state index contributed by atoms with van der Waals surface area (Å²) in [5.41, 5.74) is 4.31. The zero-order valence-corrected chi connectivity index (χ0v) is 17.8. The predicted octanol–water partition coefficient (Wildman–Crippen LogP) is 6.45. The van der Waals surface area contributed by atoms with Gasteiger partial charge in [-0.25, -0.2) is 0 Å². The van der Waals surface area contributed by atoms with Crippen LogP contribution < -0.4 is 0 Å². The third kappa shape index (κ3) is 5.83. The van der Waals surface area contributed by atoms with Gasteiger partial charge in [-0.3, -0.25) is 4.90 Å². The van der Waals surface area contributed by atoms with Gasteiger partial charge in [0.1, 0.15) is 0 Å². The van der Waals surface area contributed by atoms with E-state index in [1.165, 1.54) is 29.5 Å². The molecule has 0 aliphatic heterocycles. The van der Waals surface area contributed by atoms with Crippen LogP contribution in [0.3, 0.4) is 0 Å². The molecule has 3 atom stereocenters. The number of benzene rings is 2. The van der Waals surface area contributed by atoms with Gasteiger partial charge in [-0.15, -0.1) is 11.6 Å². The van der Waals surface area contributed by atoms with E-state index in [-0.39, 0.29) is 0 Å². The fourth-order valence-electron chi connectivity index (χ4n) is 4.14. The summed E-state index contributed by atoms with van der Waals surface area (Å²) in [7, 11) is 0. The summed E-state index contributed by atoms with van der Waals surface area (Å²) < 4.78 is 0. The van der Waals surface area contributed by atoms with Gasteiger partial charge in [0, 0.05) is 29.9 Å². The second kappa shape index (κ2) is 9.75. The summed E-state index contributed by atoms with van der Waals surface area (Å²) in [4.78, 5) is 2.70. The molecule has 0 saturated heterocycles. The Hall–Kier alpha value is -1.31. The van der Waals surface area contributed by atoms with Crippen molar-refractivity contribution in [3.8, 4) is 0 Å². The van der Waals surface area contributed by atoms with Crippen molar-refractivity contribution in [1.29, 1.82) is 0 Å². The van der Waals surface area contributed by atoms with Crippen LogP contribution >= 0.6 is 11.6 Å². The van der Waals surface area contributed by atoms with Crippen LogP contribution in [0.2, 0.25) is 0 Å². The lowest BCUT2D eigenvalue weighted by molar-refractivity contribution is 0.143. The maximum Gasteiger partial charge on any atom is 0.0411 e. The van der Waals surface area contributed by atoms with E-state index in [1.54, 1.807) is 0 Å². The number of aryl methyl sites for hydroxylation is 1. The van der Waals surface area contributed by atoms with Crippen LogP contribution in [-0.2, 0) is 12.8 Å². The number of rotatable bonds is 10. The number of hydrogen-bond donors (Lipinski definition) is 0. The summed E-state index contributed by atoms with van der Waals surface area (Å²) in [5, 5.41) is 0.365. The monoisotopic (exact) mass is 383 g/mol. The molecular weight excluding hydrogens is 350 g/mol. The molecule has 1 aliphatic rings. The summed E-state index contributed by atoms with van der Waals surface area (Å²) >= 11 is 6.18. The SMILES string of the molecule is CCC(CCc1ccc(C2CC2Cl)cc1)N(CCc1ccccc1)C(C)C. The van der Waals surface area contributed by atoms with Crippen LogP contribution in [0.25, 0.3) is 0 Å². The largest absolute Gasteiger partial charge is 0.298 e. The second-order valence-electron chi connectivity index (χ2n) is 8.27. The minimum absolute atomic E-state index is 0.365. The maximum atomic E-state index is 6.18. The summed E-state index contributed by atoms with van der Waals surface area (Å²) in [5.74, 6) is 0.596. The first-order valence-electron chi connectivity index (χ1n) is 10.6. The lowest BCUT2D eigenvalue weighted by atomic mass is 9.99. The van der Waals surface area contributed by atoms with E-state index in [9.17, 15) is 0 Å². The van der Waals surface area contributed by atoms with Gasteiger partial charge in [0.05, 0.1) is 0 Å². The summed E-state index contributed by atoms with van der Waals surface area (Å²) in [6.45, 7) is 8.14. The second-order valence-corrected chi connectivity index (χ2v) is 8.83. The Morgan fingerprint density at radius 2 is 1.59 bits per heavy atom. The highest BCUT2D eigenvalue weighted by atomic mass is 35.5. The molecule has 3 unspecified atom stereocenters. The van der Waals surface area contributed by atoms with Crippen LogP contribution in [0.1, 0.15) is 62.6 Å². The number of halogens is 1. The molecule has 2 aromatic rings. The molecule has 1 saturated carbocycles. The molecule has 3 rings (SSSR count). The quantitative estimate of drug-likeness (QED) is 0.426. The molecule has 1 fully saturated rings. The third-order valence-electron chi connectivity index (χ3n) is 5.99. The standard InChI is InChI=1S/C25H34ClN/c1-4-23(27(19(2)3)17-16-20-8-6-5-7-9-20)15-12-21-10-13-22(14-11-21)24-18-25(24)26/h5-11,13-14,19,23-25H,4,12,15-18H2,1-3H3. The molecule has 0 radical (unpaired) electrons. The zero-order valence-electron chi connectivity index (χ0n) is 17.1. The van der Waals surface area contributed by atoms with Crippen LogP contribution in [0.5, 0.6) is 0 Å². The Bertz CT molecular complexity index is 679. The molecular formula is C25H34ClN. The van der Waals surface area contributed by atoms with Crippen molar-refractivity contribution in [3.05, 3.63) is 71.3 Å².